The second-order valence-corrected chi connectivity index (χ2v) is 9.71. The second kappa shape index (κ2) is 6.80. The number of H-pyrrole nitrogens is 1. The molecule has 8 nitrogen and oxygen atoms in total. The van der Waals surface area contributed by atoms with Crippen molar-refractivity contribution in [2.24, 2.45) is 0 Å². The number of rotatable bonds is 6. The Kier molecular flexibility index (Phi) is 4.32. The van der Waals surface area contributed by atoms with E-state index < -0.39 is 21.3 Å². The van der Waals surface area contributed by atoms with Crippen LogP contribution in [0.3, 0.4) is 0 Å². The second-order valence-electron chi connectivity index (χ2n) is 8.06. The molecule has 2 fully saturated rings. The number of pyridine rings is 1. The molecule has 0 aliphatic heterocycles. The summed E-state index contributed by atoms with van der Waals surface area (Å²) >= 11 is 0. The number of nitrogens with zero attached hydrogens (tertiary/aromatic N) is 2. The fourth-order valence-corrected chi connectivity index (χ4v) is 5.39. The van der Waals surface area contributed by atoms with Crippen molar-refractivity contribution in [2.75, 3.05) is 7.11 Å². The van der Waals surface area contributed by atoms with Gasteiger partial charge in [-0.15, -0.1) is 0 Å². The summed E-state index contributed by atoms with van der Waals surface area (Å²) in [5, 5.41) is 7.08. The van der Waals surface area contributed by atoms with Gasteiger partial charge in [-0.05, 0) is 55.4 Å². The standard InChI is InChI=1S/C21H22N4O4S/c1-29-19-16(10-14(11-22-19)13-4-2-5-13)21(8-9-21)20(26)25-30(27,28)18-7-3-6-17-15(18)12-23-24-17/h3,6-7,10-13H,2,4-5,8-9H2,1H3,(H,23,24)(H,25,26). The third-order valence-corrected chi connectivity index (χ3v) is 7.69. The Labute approximate surface area is 174 Å². The normalized spacial score (nSPS) is 18.0. The Morgan fingerprint density at radius 1 is 1.27 bits per heavy atom. The molecule has 2 heterocycles. The molecule has 2 aromatic heterocycles. The molecule has 3 aromatic rings. The van der Waals surface area contributed by atoms with Gasteiger partial charge in [-0.3, -0.25) is 9.89 Å². The highest BCUT2D eigenvalue weighted by Gasteiger charge is 2.54. The molecule has 156 valence electrons. The Bertz CT molecular complexity index is 1240. The van der Waals surface area contributed by atoms with Crippen molar-refractivity contribution in [3.05, 3.63) is 47.8 Å². The highest BCUT2D eigenvalue weighted by atomic mass is 32.2. The maximum Gasteiger partial charge on any atom is 0.264 e. The predicted octanol–water partition coefficient (Wildman–Crippen LogP) is 2.77. The molecule has 2 aliphatic rings. The van der Waals surface area contributed by atoms with E-state index in [0.717, 1.165) is 18.4 Å². The molecule has 30 heavy (non-hydrogen) atoms. The summed E-state index contributed by atoms with van der Waals surface area (Å²) < 4.78 is 33.8. The number of aromatic nitrogens is 3. The maximum absolute atomic E-state index is 13.2. The molecule has 2 N–H and O–H groups in total. The highest BCUT2D eigenvalue weighted by molar-refractivity contribution is 7.90. The number of methoxy groups -OCH3 is 1. The topological polar surface area (TPSA) is 114 Å². The Balaban J connectivity index is 1.48. The molecule has 0 bridgehead atoms. The van der Waals surface area contributed by atoms with Crippen molar-refractivity contribution in [1.82, 2.24) is 19.9 Å². The smallest absolute Gasteiger partial charge is 0.264 e. The van der Waals surface area contributed by atoms with Crippen molar-refractivity contribution >= 4 is 26.8 Å². The van der Waals surface area contributed by atoms with Crippen LogP contribution in [-0.2, 0) is 20.2 Å². The van der Waals surface area contributed by atoms with Crippen LogP contribution in [0.1, 0.15) is 49.1 Å². The van der Waals surface area contributed by atoms with E-state index in [1.807, 2.05) is 6.07 Å². The molecular formula is C21H22N4O4S. The number of nitrogens with one attached hydrogen (secondary N) is 2. The fourth-order valence-electron chi connectivity index (χ4n) is 4.13. The van der Waals surface area contributed by atoms with Gasteiger partial charge in [0, 0.05) is 17.1 Å². The van der Waals surface area contributed by atoms with Crippen LogP contribution in [0, 0.1) is 0 Å². The predicted molar refractivity (Wildman–Crippen MR) is 110 cm³/mol. The first-order chi connectivity index (χ1) is 14.4. The number of amides is 1. The van der Waals surface area contributed by atoms with Gasteiger partial charge in [0.05, 0.1) is 29.1 Å². The zero-order valence-corrected chi connectivity index (χ0v) is 17.3. The number of benzene rings is 1. The van der Waals surface area contributed by atoms with E-state index in [1.165, 1.54) is 25.8 Å². The van der Waals surface area contributed by atoms with Crippen molar-refractivity contribution in [2.45, 2.75) is 48.3 Å². The summed E-state index contributed by atoms with van der Waals surface area (Å²) in [5.74, 6) is 0.275. The molecular weight excluding hydrogens is 404 g/mol. The first kappa shape index (κ1) is 19.0. The van der Waals surface area contributed by atoms with Gasteiger partial charge in [0.1, 0.15) is 0 Å². The van der Waals surface area contributed by atoms with E-state index in [9.17, 15) is 13.2 Å². The lowest BCUT2D eigenvalue weighted by Crippen LogP contribution is -2.39. The molecule has 2 saturated carbocycles. The number of ether oxygens (including phenoxy) is 1. The largest absolute Gasteiger partial charge is 0.481 e. The van der Waals surface area contributed by atoms with Crippen LogP contribution in [0.2, 0.25) is 0 Å². The zero-order valence-electron chi connectivity index (χ0n) is 16.5. The van der Waals surface area contributed by atoms with E-state index >= 15 is 0 Å². The number of aromatic amines is 1. The molecule has 0 radical (unpaired) electrons. The lowest BCUT2D eigenvalue weighted by Gasteiger charge is -2.27. The molecule has 2 aliphatic carbocycles. The molecule has 0 spiro atoms. The summed E-state index contributed by atoms with van der Waals surface area (Å²) in [6, 6.07) is 6.79. The van der Waals surface area contributed by atoms with Gasteiger partial charge in [0.2, 0.25) is 11.8 Å². The number of hydrogen-bond acceptors (Lipinski definition) is 6. The Morgan fingerprint density at radius 2 is 2.07 bits per heavy atom. The first-order valence-electron chi connectivity index (χ1n) is 9.98. The molecule has 0 saturated heterocycles. The zero-order chi connectivity index (χ0) is 20.9. The summed E-state index contributed by atoms with van der Waals surface area (Å²) in [6.07, 6.45) is 7.75. The van der Waals surface area contributed by atoms with E-state index in [-0.39, 0.29) is 4.90 Å². The third-order valence-electron chi connectivity index (χ3n) is 6.30. The number of sulfonamides is 1. The number of carbonyl (C=O) groups excluding carboxylic acids is 1. The molecule has 0 atom stereocenters. The molecule has 0 unspecified atom stereocenters. The minimum absolute atomic E-state index is 0.0196. The van der Waals surface area contributed by atoms with Gasteiger partial charge in [-0.25, -0.2) is 18.1 Å². The minimum atomic E-state index is -4.07. The van der Waals surface area contributed by atoms with Crippen molar-refractivity contribution < 1.29 is 17.9 Å². The highest BCUT2D eigenvalue weighted by Crippen LogP contribution is 2.52. The van der Waals surface area contributed by atoms with Gasteiger partial charge in [0.15, 0.2) is 0 Å². The van der Waals surface area contributed by atoms with Crippen molar-refractivity contribution in [3.63, 3.8) is 0 Å². The summed E-state index contributed by atoms with van der Waals surface area (Å²) in [5.41, 5.74) is 1.41. The van der Waals surface area contributed by atoms with Crippen LogP contribution in [0.15, 0.2) is 41.6 Å². The van der Waals surface area contributed by atoms with Crippen LogP contribution in [-0.4, -0.2) is 36.6 Å². The maximum atomic E-state index is 13.2. The minimum Gasteiger partial charge on any atom is -0.481 e. The van der Waals surface area contributed by atoms with E-state index in [4.69, 9.17) is 4.74 Å². The lowest BCUT2D eigenvalue weighted by molar-refractivity contribution is -0.121. The fraction of sp³-hybridized carbons (Fsp3) is 0.381. The van der Waals surface area contributed by atoms with Crippen LogP contribution < -0.4 is 9.46 Å². The van der Waals surface area contributed by atoms with Crippen LogP contribution in [0.5, 0.6) is 5.88 Å². The average Bonchev–Trinajstić information content (AvgIpc) is 3.36. The molecule has 5 rings (SSSR count). The average molecular weight is 426 g/mol. The van der Waals surface area contributed by atoms with Gasteiger partial charge < -0.3 is 4.74 Å². The quantitative estimate of drug-likeness (QED) is 0.626. The molecule has 9 heteroatoms. The first-order valence-corrected chi connectivity index (χ1v) is 11.5. The lowest BCUT2D eigenvalue weighted by atomic mass is 9.79. The van der Waals surface area contributed by atoms with Crippen molar-refractivity contribution in [3.8, 4) is 5.88 Å². The van der Waals surface area contributed by atoms with Gasteiger partial charge in [0.25, 0.3) is 10.0 Å². The molecule has 1 amide bonds. The SMILES string of the molecule is COc1ncc(C2CCC2)cc1C1(C(=O)NS(=O)(=O)c2cccc3[nH]ncc23)CC1. The Hall–Kier alpha value is -2.94. The monoisotopic (exact) mass is 426 g/mol. The van der Waals surface area contributed by atoms with E-state index in [0.29, 0.717) is 41.1 Å². The summed E-state index contributed by atoms with van der Waals surface area (Å²) in [6.45, 7) is 0. The number of carbonyl (C=O) groups is 1. The van der Waals surface area contributed by atoms with Gasteiger partial charge in [-0.2, -0.15) is 5.10 Å². The van der Waals surface area contributed by atoms with E-state index in [2.05, 4.69) is 19.9 Å². The molecule has 1 aromatic carbocycles. The van der Waals surface area contributed by atoms with Crippen LogP contribution >= 0.6 is 0 Å². The third kappa shape index (κ3) is 2.96. The number of hydrogen-bond donors (Lipinski definition) is 2. The Morgan fingerprint density at radius 3 is 2.73 bits per heavy atom. The summed E-state index contributed by atoms with van der Waals surface area (Å²) in [4.78, 5) is 17.7. The van der Waals surface area contributed by atoms with Crippen LogP contribution in [0.25, 0.3) is 10.9 Å². The van der Waals surface area contributed by atoms with Gasteiger partial charge >= 0.3 is 0 Å². The summed E-state index contributed by atoms with van der Waals surface area (Å²) in [7, 11) is -2.55. The van der Waals surface area contributed by atoms with Gasteiger partial charge in [-0.1, -0.05) is 12.5 Å². The van der Waals surface area contributed by atoms with Crippen molar-refractivity contribution in [1.29, 1.82) is 0 Å². The van der Waals surface area contributed by atoms with Crippen LogP contribution in [0.4, 0.5) is 0 Å². The number of fused-ring (bicyclic) bond motifs is 1. The van der Waals surface area contributed by atoms with E-state index in [1.54, 1.807) is 18.3 Å².